The lowest BCUT2D eigenvalue weighted by atomic mass is 10.0. The molecular formula is C16H28N2. The summed E-state index contributed by atoms with van der Waals surface area (Å²) < 4.78 is 0. The lowest BCUT2D eigenvalue weighted by Crippen LogP contribution is -2.27. The Morgan fingerprint density at radius 2 is 1.94 bits per heavy atom. The van der Waals surface area contributed by atoms with E-state index in [1.165, 1.54) is 16.7 Å². The molecule has 1 aromatic rings. The van der Waals surface area contributed by atoms with Gasteiger partial charge in [-0.25, -0.2) is 0 Å². The number of hydrogen-bond acceptors (Lipinski definition) is 2. The standard InChI is InChI=1S/C16H28N2/c1-13(7-9-17)12-18(4)10-8-16-6-5-14(2)15(3)11-16/h5-6,11,13H,7-10,12,17H2,1-4H3. The van der Waals surface area contributed by atoms with Gasteiger partial charge in [0.1, 0.15) is 0 Å². The molecule has 0 aliphatic rings. The first-order chi connectivity index (χ1) is 8.52. The van der Waals surface area contributed by atoms with Crippen molar-refractivity contribution in [1.29, 1.82) is 0 Å². The average molecular weight is 248 g/mol. The number of benzene rings is 1. The third-order valence-electron chi connectivity index (χ3n) is 3.64. The Bertz CT molecular complexity index is 360. The predicted molar refractivity (Wildman–Crippen MR) is 80.0 cm³/mol. The maximum absolute atomic E-state index is 5.58. The Morgan fingerprint density at radius 3 is 2.56 bits per heavy atom. The molecule has 2 N–H and O–H groups in total. The summed E-state index contributed by atoms with van der Waals surface area (Å²) in [6, 6.07) is 6.79. The highest BCUT2D eigenvalue weighted by Gasteiger charge is 2.06. The van der Waals surface area contributed by atoms with Gasteiger partial charge in [0, 0.05) is 13.1 Å². The first kappa shape index (κ1) is 15.2. The minimum Gasteiger partial charge on any atom is -0.330 e. The molecule has 2 nitrogen and oxygen atoms in total. The van der Waals surface area contributed by atoms with Crippen molar-refractivity contribution < 1.29 is 0 Å². The van der Waals surface area contributed by atoms with Gasteiger partial charge in [-0.15, -0.1) is 0 Å². The van der Waals surface area contributed by atoms with E-state index in [1.54, 1.807) is 0 Å². The normalized spacial score (nSPS) is 13.0. The highest BCUT2D eigenvalue weighted by atomic mass is 15.1. The van der Waals surface area contributed by atoms with E-state index in [0.29, 0.717) is 5.92 Å². The summed E-state index contributed by atoms with van der Waals surface area (Å²) in [4.78, 5) is 2.41. The van der Waals surface area contributed by atoms with Crippen molar-refractivity contribution in [3.8, 4) is 0 Å². The van der Waals surface area contributed by atoms with Gasteiger partial charge < -0.3 is 10.6 Å². The molecule has 1 atom stereocenters. The molecule has 102 valence electrons. The Kier molecular flexibility index (Phi) is 6.37. The van der Waals surface area contributed by atoms with Crippen LogP contribution in [0, 0.1) is 19.8 Å². The zero-order valence-electron chi connectivity index (χ0n) is 12.4. The number of nitrogens with zero attached hydrogens (tertiary/aromatic N) is 1. The van der Waals surface area contributed by atoms with Crippen molar-refractivity contribution in [2.24, 2.45) is 11.7 Å². The van der Waals surface area contributed by atoms with Crippen molar-refractivity contribution in [1.82, 2.24) is 4.90 Å². The van der Waals surface area contributed by atoms with Crippen LogP contribution in [-0.4, -0.2) is 31.6 Å². The lowest BCUT2D eigenvalue weighted by molar-refractivity contribution is 0.283. The van der Waals surface area contributed by atoms with Gasteiger partial charge in [0.25, 0.3) is 0 Å². The predicted octanol–water partition coefficient (Wildman–Crippen LogP) is 2.76. The smallest absolute Gasteiger partial charge is 0.00189 e. The number of likely N-dealkylation sites (N-methyl/N-ethyl adjacent to an activating group) is 1. The molecule has 0 saturated carbocycles. The molecule has 0 aliphatic carbocycles. The Morgan fingerprint density at radius 1 is 1.22 bits per heavy atom. The average Bonchev–Trinajstić information content (AvgIpc) is 2.31. The summed E-state index contributed by atoms with van der Waals surface area (Å²) >= 11 is 0. The largest absolute Gasteiger partial charge is 0.330 e. The van der Waals surface area contributed by atoms with Crippen LogP contribution < -0.4 is 5.73 Å². The maximum Gasteiger partial charge on any atom is 0.00189 e. The first-order valence-electron chi connectivity index (χ1n) is 6.97. The summed E-state index contributed by atoms with van der Waals surface area (Å²) in [5, 5.41) is 0. The van der Waals surface area contributed by atoms with Gasteiger partial charge in [0.2, 0.25) is 0 Å². The summed E-state index contributed by atoms with van der Waals surface area (Å²) in [7, 11) is 2.20. The molecule has 0 spiro atoms. The molecule has 1 unspecified atom stereocenters. The fourth-order valence-electron chi connectivity index (χ4n) is 2.28. The van der Waals surface area contributed by atoms with Crippen molar-refractivity contribution in [2.75, 3.05) is 26.7 Å². The van der Waals surface area contributed by atoms with Crippen LogP contribution in [0.25, 0.3) is 0 Å². The molecule has 0 heterocycles. The Hall–Kier alpha value is -0.860. The molecule has 1 aromatic carbocycles. The molecule has 0 radical (unpaired) electrons. The number of nitrogens with two attached hydrogens (primary N) is 1. The Balaban J connectivity index is 2.37. The quantitative estimate of drug-likeness (QED) is 0.804. The van der Waals surface area contributed by atoms with Gasteiger partial charge in [0.15, 0.2) is 0 Å². The van der Waals surface area contributed by atoms with E-state index in [9.17, 15) is 0 Å². The topological polar surface area (TPSA) is 29.3 Å². The molecule has 0 amide bonds. The second-order valence-corrected chi connectivity index (χ2v) is 5.61. The molecule has 0 aromatic heterocycles. The van der Waals surface area contributed by atoms with E-state index in [1.807, 2.05) is 0 Å². The van der Waals surface area contributed by atoms with E-state index in [-0.39, 0.29) is 0 Å². The van der Waals surface area contributed by atoms with Gasteiger partial charge in [-0.2, -0.15) is 0 Å². The van der Waals surface area contributed by atoms with Crippen LogP contribution in [0.15, 0.2) is 18.2 Å². The van der Waals surface area contributed by atoms with Crippen LogP contribution in [0.3, 0.4) is 0 Å². The lowest BCUT2D eigenvalue weighted by Gasteiger charge is -2.21. The van der Waals surface area contributed by atoms with E-state index >= 15 is 0 Å². The molecule has 1 rings (SSSR count). The van der Waals surface area contributed by atoms with Gasteiger partial charge in [-0.3, -0.25) is 0 Å². The van der Waals surface area contributed by atoms with E-state index in [4.69, 9.17) is 5.73 Å². The molecule has 0 aliphatic heterocycles. The van der Waals surface area contributed by atoms with Gasteiger partial charge >= 0.3 is 0 Å². The monoisotopic (exact) mass is 248 g/mol. The zero-order valence-corrected chi connectivity index (χ0v) is 12.4. The fraction of sp³-hybridized carbons (Fsp3) is 0.625. The van der Waals surface area contributed by atoms with Crippen LogP contribution in [0.4, 0.5) is 0 Å². The molecule has 0 saturated heterocycles. The molecule has 2 heteroatoms. The van der Waals surface area contributed by atoms with E-state index in [2.05, 4.69) is 50.9 Å². The van der Waals surface area contributed by atoms with Crippen molar-refractivity contribution in [3.63, 3.8) is 0 Å². The van der Waals surface area contributed by atoms with Gasteiger partial charge in [0.05, 0.1) is 0 Å². The van der Waals surface area contributed by atoms with E-state index < -0.39 is 0 Å². The van der Waals surface area contributed by atoms with Crippen LogP contribution in [0.2, 0.25) is 0 Å². The summed E-state index contributed by atoms with van der Waals surface area (Å²) in [5.41, 5.74) is 9.80. The van der Waals surface area contributed by atoms with Crippen LogP contribution in [-0.2, 0) is 6.42 Å². The number of aryl methyl sites for hydroxylation is 2. The van der Waals surface area contributed by atoms with Crippen LogP contribution in [0.5, 0.6) is 0 Å². The van der Waals surface area contributed by atoms with Crippen LogP contribution in [0.1, 0.15) is 30.0 Å². The zero-order chi connectivity index (χ0) is 13.5. The van der Waals surface area contributed by atoms with E-state index in [0.717, 1.165) is 32.5 Å². The van der Waals surface area contributed by atoms with Crippen molar-refractivity contribution >= 4 is 0 Å². The van der Waals surface area contributed by atoms with Crippen molar-refractivity contribution in [3.05, 3.63) is 34.9 Å². The fourth-order valence-corrected chi connectivity index (χ4v) is 2.28. The summed E-state index contributed by atoms with van der Waals surface area (Å²) in [6.45, 7) is 9.69. The van der Waals surface area contributed by atoms with Gasteiger partial charge in [-0.05, 0) is 62.9 Å². The molecule has 18 heavy (non-hydrogen) atoms. The second kappa shape index (κ2) is 7.55. The first-order valence-corrected chi connectivity index (χ1v) is 6.97. The van der Waals surface area contributed by atoms with Crippen LogP contribution >= 0.6 is 0 Å². The molecule has 0 bridgehead atoms. The highest BCUT2D eigenvalue weighted by Crippen LogP contribution is 2.11. The third kappa shape index (κ3) is 5.19. The maximum atomic E-state index is 5.58. The SMILES string of the molecule is Cc1ccc(CCN(C)CC(C)CCN)cc1C. The highest BCUT2D eigenvalue weighted by molar-refractivity contribution is 5.30. The number of rotatable bonds is 7. The summed E-state index contributed by atoms with van der Waals surface area (Å²) in [5.74, 6) is 0.694. The number of hydrogen-bond donors (Lipinski definition) is 1. The second-order valence-electron chi connectivity index (χ2n) is 5.61. The minimum atomic E-state index is 0.694. The minimum absolute atomic E-state index is 0.694. The van der Waals surface area contributed by atoms with Gasteiger partial charge in [-0.1, -0.05) is 25.1 Å². The summed E-state index contributed by atoms with van der Waals surface area (Å²) in [6.07, 6.45) is 2.25. The third-order valence-corrected chi connectivity index (χ3v) is 3.64. The van der Waals surface area contributed by atoms with Crippen molar-refractivity contribution in [2.45, 2.75) is 33.6 Å². The Labute approximate surface area is 112 Å². The molecular weight excluding hydrogens is 220 g/mol. The molecule has 0 fully saturated rings.